The number of aromatic nitrogens is 3. The molecular weight excluding hydrogens is 491 g/mol. The molecule has 0 bridgehead atoms. The molecule has 1 atom stereocenters. The third kappa shape index (κ3) is 4.30. The van der Waals surface area contributed by atoms with Gasteiger partial charge in [0.15, 0.2) is 0 Å². The van der Waals surface area contributed by atoms with Gasteiger partial charge in [-0.25, -0.2) is 4.98 Å². The molecule has 9 heteroatoms. The number of halogens is 3. The number of nitrogens with zero attached hydrogens (tertiary/aromatic N) is 4. The van der Waals surface area contributed by atoms with Crippen LogP contribution in [0.3, 0.4) is 0 Å². The summed E-state index contributed by atoms with van der Waals surface area (Å²) in [6, 6.07) is 10.5. The Morgan fingerprint density at radius 3 is 2.63 bits per heavy atom. The van der Waals surface area contributed by atoms with Crippen molar-refractivity contribution in [3.63, 3.8) is 0 Å². The molecule has 0 unspecified atom stereocenters. The van der Waals surface area contributed by atoms with Crippen LogP contribution in [0, 0.1) is 11.8 Å². The minimum absolute atomic E-state index is 0.0610. The summed E-state index contributed by atoms with van der Waals surface area (Å²) >= 11 is 0. The molecule has 0 radical (unpaired) electrons. The first-order chi connectivity index (χ1) is 18.1. The number of fused-ring (bicyclic) bond motifs is 1. The van der Waals surface area contributed by atoms with Gasteiger partial charge in [0.25, 0.3) is 5.91 Å². The molecule has 1 aromatic heterocycles. The Labute approximate surface area is 220 Å². The van der Waals surface area contributed by atoms with E-state index in [9.17, 15) is 18.0 Å². The molecule has 1 saturated heterocycles. The Kier molecular flexibility index (Phi) is 6.09. The zero-order valence-electron chi connectivity index (χ0n) is 21.7. The largest absolute Gasteiger partial charge is 0.416 e. The Hall–Kier alpha value is -3.20. The molecule has 6 rings (SSSR count). The molecule has 1 aliphatic carbocycles. The van der Waals surface area contributed by atoms with Crippen molar-refractivity contribution < 1.29 is 18.0 Å². The molecule has 38 heavy (non-hydrogen) atoms. The van der Waals surface area contributed by atoms with Gasteiger partial charge in [-0.15, -0.1) is 0 Å². The van der Waals surface area contributed by atoms with E-state index in [1.165, 1.54) is 17.3 Å². The van der Waals surface area contributed by atoms with E-state index in [1.54, 1.807) is 12.1 Å². The number of alkyl halides is 3. The lowest BCUT2D eigenvalue weighted by Crippen LogP contribution is -2.42. The molecule has 0 spiro atoms. The molecule has 2 aromatic carbocycles. The normalized spacial score (nSPS) is 25.9. The van der Waals surface area contributed by atoms with Gasteiger partial charge >= 0.3 is 6.18 Å². The second-order valence-corrected chi connectivity index (χ2v) is 11.5. The highest BCUT2D eigenvalue weighted by Gasteiger charge is 2.48. The summed E-state index contributed by atoms with van der Waals surface area (Å²) in [5.41, 5.74) is 1.32. The third-order valence-electron chi connectivity index (χ3n) is 8.53. The van der Waals surface area contributed by atoms with Crippen LogP contribution in [-0.4, -0.2) is 39.1 Å². The van der Waals surface area contributed by atoms with Crippen molar-refractivity contribution in [1.29, 1.82) is 0 Å². The van der Waals surface area contributed by atoms with E-state index in [2.05, 4.69) is 33.9 Å². The van der Waals surface area contributed by atoms with Crippen molar-refractivity contribution in [2.75, 3.05) is 18.0 Å². The van der Waals surface area contributed by atoms with E-state index in [-0.39, 0.29) is 29.0 Å². The molecule has 2 fully saturated rings. The van der Waals surface area contributed by atoms with Gasteiger partial charge in [-0.05, 0) is 85.0 Å². The van der Waals surface area contributed by atoms with E-state index < -0.39 is 11.7 Å². The van der Waals surface area contributed by atoms with Crippen molar-refractivity contribution >= 4 is 11.6 Å². The number of nitrogens with one attached hydrogen (secondary N) is 1. The Morgan fingerprint density at radius 1 is 1.13 bits per heavy atom. The monoisotopic (exact) mass is 523 g/mol. The Morgan fingerprint density at radius 2 is 1.95 bits per heavy atom. The average molecular weight is 524 g/mol. The van der Waals surface area contributed by atoms with Crippen molar-refractivity contribution in [2.45, 2.75) is 64.2 Å². The van der Waals surface area contributed by atoms with Gasteiger partial charge in [0.2, 0.25) is 0 Å². The number of likely N-dealkylation sites (tertiary alicyclic amines) is 1. The van der Waals surface area contributed by atoms with Gasteiger partial charge in [0.05, 0.1) is 17.5 Å². The predicted molar refractivity (Wildman–Crippen MR) is 138 cm³/mol. The third-order valence-corrected chi connectivity index (χ3v) is 8.53. The van der Waals surface area contributed by atoms with Crippen LogP contribution in [-0.2, 0) is 24.7 Å². The molecule has 1 amide bonds. The van der Waals surface area contributed by atoms with Crippen LogP contribution in [0.4, 0.5) is 18.9 Å². The summed E-state index contributed by atoms with van der Waals surface area (Å²) < 4.78 is 42.7. The van der Waals surface area contributed by atoms with E-state index in [1.807, 2.05) is 18.2 Å². The van der Waals surface area contributed by atoms with Crippen molar-refractivity contribution in [3.05, 3.63) is 76.4 Å². The lowest BCUT2D eigenvalue weighted by molar-refractivity contribution is -0.138. The number of H-pyrrole nitrogens is 1. The van der Waals surface area contributed by atoms with Crippen LogP contribution < -0.4 is 4.90 Å². The minimum atomic E-state index is -4.54. The van der Waals surface area contributed by atoms with Gasteiger partial charge < -0.3 is 4.90 Å². The molecule has 1 N–H and O–H groups in total. The number of hydrogen-bond donors (Lipinski definition) is 1. The Bertz CT molecular complexity index is 1350. The number of benzene rings is 2. The lowest BCUT2D eigenvalue weighted by Gasteiger charge is -2.45. The number of amides is 1. The fourth-order valence-corrected chi connectivity index (χ4v) is 6.81. The maximum Gasteiger partial charge on any atom is 0.416 e. The fourth-order valence-electron chi connectivity index (χ4n) is 6.81. The van der Waals surface area contributed by atoms with E-state index in [0.717, 1.165) is 50.2 Å². The number of rotatable bonds is 5. The number of piperidine rings is 1. The quantitative estimate of drug-likeness (QED) is 0.450. The molecule has 200 valence electrons. The first kappa shape index (κ1) is 25.1. The smallest absolute Gasteiger partial charge is 0.304 e. The van der Waals surface area contributed by atoms with Crippen molar-refractivity contribution in [1.82, 2.24) is 20.1 Å². The number of aromatic amines is 1. The maximum absolute atomic E-state index is 14.2. The zero-order chi connectivity index (χ0) is 26.7. The number of carbonyl (C=O) groups excluding carboxylic acids is 1. The summed E-state index contributed by atoms with van der Waals surface area (Å²) in [5.74, 6) is 1.42. The Balaban J connectivity index is 1.34. The summed E-state index contributed by atoms with van der Waals surface area (Å²) in [7, 11) is 0. The van der Waals surface area contributed by atoms with Gasteiger partial charge in [0, 0.05) is 24.3 Å². The standard InChI is InChI=1S/C29H32F3N5O/c1-18-5-4-8-36(14-18)15-20-9-23-24(25(10-20)29(30,31)32)16-37(26(23)38)22-7-3-6-21(11-22)28(12-19(2)13-28)27-33-17-34-35-27/h3,6-7,9-11,17-19H,4-5,8,12-16H2,1-2H3,(H,33,34,35)/t18-,19?,28?/m0/s1. The summed E-state index contributed by atoms with van der Waals surface area (Å²) in [5, 5.41) is 7.04. The van der Waals surface area contributed by atoms with E-state index in [4.69, 9.17) is 0 Å². The van der Waals surface area contributed by atoms with Crippen LogP contribution in [0.25, 0.3) is 0 Å². The van der Waals surface area contributed by atoms with Crippen LogP contribution >= 0.6 is 0 Å². The molecule has 6 nitrogen and oxygen atoms in total. The highest BCUT2D eigenvalue weighted by molar-refractivity contribution is 6.10. The average Bonchev–Trinajstić information content (AvgIpc) is 3.50. The highest BCUT2D eigenvalue weighted by atomic mass is 19.4. The first-order valence-corrected chi connectivity index (χ1v) is 13.4. The van der Waals surface area contributed by atoms with Gasteiger partial charge in [-0.2, -0.15) is 18.3 Å². The molecular formula is C29H32F3N5O. The number of hydrogen-bond acceptors (Lipinski definition) is 4. The van der Waals surface area contributed by atoms with E-state index in [0.29, 0.717) is 29.6 Å². The van der Waals surface area contributed by atoms with Gasteiger partial charge in [-0.3, -0.25) is 14.8 Å². The van der Waals surface area contributed by atoms with Crippen molar-refractivity contribution in [3.8, 4) is 0 Å². The van der Waals surface area contributed by atoms with Crippen LogP contribution in [0.15, 0.2) is 42.7 Å². The highest BCUT2D eigenvalue weighted by Crippen LogP contribution is 2.51. The summed E-state index contributed by atoms with van der Waals surface area (Å²) in [4.78, 5) is 21.7. The number of anilines is 1. The summed E-state index contributed by atoms with van der Waals surface area (Å²) in [6.07, 6.45) is 0.900. The van der Waals surface area contributed by atoms with Gasteiger partial charge in [0.1, 0.15) is 12.2 Å². The SMILES string of the molecule is CC1CC(c2cccc(N3Cc4c(cc(CN5CCC[C@H](C)C5)cc4C(F)(F)F)C3=O)c2)(c2ncn[nH]2)C1. The summed E-state index contributed by atoms with van der Waals surface area (Å²) in [6.45, 7) is 6.39. The fraction of sp³-hybridized carbons (Fsp3) is 0.483. The molecule has 3 aliphatic rings. The zero-order valence-corrected chi connectivity index (χ0v) is 21.7. The molecule has 3 heterocycles. The second-order valence-electron chi connectivity index (χ2n) is 11.5. The second kappa shape index (κ2) is 9.22. The maximum atomic E-state index is 14.2. The first-order valence-electron chi connectivity index (χ1n) is 13.4. The van der Waals surface area contributed by atoms with Crippen LogP contribution in [0.1, 0.15) is 78.0 Å². The van der Waals surface area contributed by atoms with Crippen LogP contribution in [0.5, 0.6) is 0 Å². The lowest BCUT2D eigenvalue weighted by atomic mass is 9.58. The molecule has 1 saturated carbocycles. The topological polar surface area (TPSA) is 65.1 Å². The minimum Gasteiger partial charge on any atom is -0.304 e. The van der Waals surface area contributed by atoms with Gasteiger partial charge in [-0.1, -0.05) is 26.0 Å². The van der Waals surface area contributed by atoms with E-state index >= 15 is 0 Å². The molecule has 3 aromatic rings. The predicted octanol–water partition coefficient (Wildman–Crippen LogP) is 5.93. The number of carbonyl (C=O) groups is 1. The molecule has 2 aliphatic heterocycles. The van der Waals surface area contributed by atoms with Crippen molar-refractivity contribution in [2.24, 2.45) is 11.8 Å². The van der Waals surface area contributed by atoms with Crippen LogP contribution in [0.2, 0.25) is 0 Å².